The monoisotopic (exact) mass is 324 g/mol. The zero-order valence-corrected chi connectivity index (χ0v) is 13.0. The number of carboxylic acids is 1. The van der Waals surface area contributed by atoms with Crippen LogP contribution in [0.3, 0.4) is 0 Å². The average molecular weight is 324 g/mol. The third-order valence-electron chi connectivity index (χ3n) is 4.93. The molecule has 6 nitrogen and oxygen atoms in total. The molecule has 2 saturated carbocycles. The van der Waals surface area contributed by atoms with E-state index in [0.29, 0.717) is 11.6 Å². The molecule has 4 N–H and O–H groups in total. The molecule has 2 bridgehead atoms. The summed E-state index contributed by atoms with van der Waals surface area (Å²) in [7, 11) is -3.91. The van der Waals surface area contributed by atoms with Gasteiger partial charge >= 0.3 is 5.97 Å². The normalized spacial score (nSPS) is 27.6. The Hall–Kier alpha value is -1.60. The van der Waals surface area contributed by atoms with Gasteiger partial charge in [-0.25, -0.2) is 18.4 Å². The zero-order valence-electron chi connectivity index (χ0n) is 12.2. The molecule has 0 aromatic heterocycles. The predicted molar refractivity (Wildman–Crippen MR) is 82.3 cm³/mol. The number of hydrogen-bond donors (Lipinski definition) is 3. The molecule has 3 atom stereocenters. The van der Waals surface area contributed by atoms with Crippen molar-refractivity contribution in [3.05, 3.63) is 23.8 Å². The van der Waals surface area contributed by atoms with E-state index in [1.807, 2.05) is 0 Å². The molecule has 3 rings (SSSR count). The van der Waals surface area contributed by atoms with Crippen LogP contribution in [0.1, 0.15) is 42.5 Å². The number of carbonyl (C=O) groups is 1. The molecular formula is C15H20N2O4S. The summed E-state index contributed by atoms with van der Waals surface area (Å²) >= 11 is 0. The summed E-state index contributed by atoms with van der Waals surface area (Å²) in [4.78, 5) is 11.2. The molecule has 0 spiro atoms. The molecule has 2 aliphatic carbocycles. The third-order valence-corrected chi connectivity index (χ3v) is 5.84. The number of benzene rings is 1. The summed E-state index contributed by atoms with van der Waals surface area (Å²) in [6, 6.07) is 4.24. The second kappa shape index (κ2) is 5.55. The van der Waals surface area contributed by atoms with Gasteiger partial charge in [-0.3, -0.25) is 0 Å². The number of hydrogen-bond acceptors (Lipinski definition) is 4. The van der Waals surface area contributed by atoms with Crippen LogP contribution in [0.4, 0.5) is 5.69 Å². The lowest BCUT2D eigenvalue weighted by molar-refractivity contribution is 0.0697. The average Bonchev–Trinajstić information content (AvgIpc) is 2.83. The number of nitrogens with two attached hydrogens (primary N) is 1. The van der Waals surface area contributed by atoms with E-state index in [2.05, 4.69) is 5.32 Å². The lowest BCUT2D eigenvalue weighted by atomic mass is 9.85. The second-order valence-corrected chi connectivity index (χ2v) is 7.89. The lowest BCUT2D eigenvalue weighted by Crippen LogP contribution is -2.31. The Morgan fingerprint density at radius 1 is 1.23 bits per heavy atom. The summed E-state index contributed by atoms with van der Waals surface area (Å²) in [5.74, 6) is 0.248. The van der Waals surface area contributed by atoms with Gasteiger partial charge in [-0.15, -0.1) is 0 Å². The molecule has 2 aliphatic rings. The number of sulfonamides is 1. The molecule has 120 valence electrons. The van der Waals surface area contributed by atoms with Crippen LogP contribution in [0, 0.1) is 11.8 Å². The van der Waals surface area contributed by atoms with Crippen molar-refractivity contribution in [2.45, 2.75) is 43.0 Å². The van der Waals surface area contributed by atoms with Gasteiger partial charge in [0.15, 0.2) is 0 Å². The SMILES string of the molecule is NS(=O)(=O)c1ccc(NC2CCC3CCC2C3)c(C(=O)O)c1. The number of fused-ring (bicyclic) bond motifs is 2. The molecular weight excluding hydrogens is 304 g/mol. The van der Waals surface area contributed by atoms with Crippen molar-refractivity contribution in [1.29, 1.82) is 0 Å². The first-order chi connectivity index (χ1) is 10.3. The van der Waals surface area contributed by atoms with Crippen LogP contribution in [0.2, 0.25) is 0 Å². The molecule has 7 heteroatoms. The highest BCUT2D eigenvalue weighted by atomic mass is 32.2. The van der Waals surface area contributed by atoms with Gasteiger partial charge in [-0.05, 0) is 55.7 Å². The van der Waals surface area contributed by atoms with Gasteiger partial charge < -0.3 is 10.4 Å². The van der Waals surface area contributed by atoms with Crippen molar-refractivity contribution < 1.29 is 18.3 Å². The van der Waals surface area contributed by atoms with Crippen LogP contribution < -0.4 is 10.5 Å². The van der Waals surface area contributed by atoms with Crippen LogP contribution >= 0.6 is 0 Å². The summed E-state index contributed by atoms with van der Waals surface area (Å²) < 4.78 is 22.8. The highest BCUT2D eigenvalue weighted by Gasteiger charge is 2.36. The number of nitrogens with one attached hydrogen (secondary N) is 1. The van der Waals surface area contributed by atoms with Crippen molar-refractivity contribution in [2.75, 3.05) is 5.32 Å². The summed E-state index contributed by atoms with van der Waals surface area (Å²) in [5, 5.41) is 17.7. The van der Waals surface area contributed by atoms with Gasteiger partial charge in [0, 0.05) is 11.7 Å². The molecule has 0 aliphatic heterocycles. The minimum atomic E-state index is -3.91. The molecule has 1 aromatic rings. The van der Waals surface area contributed by atoms with Crippen LogP contribution in [-0.4, -0.2) is 25.5 Å². The van der Waals surface area contributed by atoms with Crippen LogP contribution in [0.5, 0.6) is 0 Å². The lowest BCUT2D eigenvalue weighted by Gasteiger charge is -2.31. The van der Waals surface area contributed by atoms with Gasteiger partial charge in [-0.1, -0.05) is 6.42 Å². The number of aromatic carboxylic acids is 1. The van der Waals surface area contributed by atoms with E-state index >= 15 is 0 Å². The molecule has 0 amide bonds. The van der Waals surface area contributed by atoms with Crippen molar-refractivity contribution in [3.63, 3.8) is 0 Å². The smallest absolute Gasteiger partial charge is 0.337 e. The van der Waals surface area contributed by atoms with Gasteiger partial charge in [-0.2, -0.15) is 0 Å². The summed E-state index contributed by atoms with van der Waals surface area (Å²) in [5.41, 5.74) is 0.418. The Balaban J connectivity index is 1.88. The quantitative estimate of drug-likeness (QED) is 0.785. The maximum absolute atomic E-state index is 11.4. The van der Waals surface area contributed by atoms with E-state index in [9.17, 15) is 18.3 Å². The Morgan fingerprint density at radius 3 is 2.64 bits per heavy atom. The fraction of sp³-hybridized carbons (Fsp3) is 0.533. The Labute approximate surface area is 129 Å². The maximum atomic E-state index is 11.4. The minimum Gasteiger partial charge on any atom is -0.478 e. The third kappa shape index (κ3) is 2.96. The van der Waals surface area contributed by atoms with E-state index in [1.54, 1.807) is 0 Å². The van der Waals surface area contributed by atoms with Crippen LogP contribution in [-0.2, 0) is 10.0 Å². The largest absolute Gasteiger partial charge is 0.478 e. The number of carboxylic acid groups (broad SMARTS) is 1. The van der Waals surface area contributed by atoms with E-state index in [-0.39, 0.29) is 16.5 Å². The van der Waals surface area contributed by atoms with E-state index < -0.39 is 16.0 Å². The second-order valence-electron chi connectivity index (χ2n) is 6.32. The van der Waals surface area contributed by atoms with Crippen molar-refractivity contribution in [2.24, 2.45) is 17.0 Å². The van der Waals surface area contributed by atoms with E-state index in [1.165, 1.54) is 37.8 Å². The zero-order chi connectivity index (χ0) is 15.9. The standard InChI is InChI=1S/C15H20N2O4S/c16-22(20,21)11-4-6-14(12(8-11)15(18)19)17-13-5-2-9-1-3-10(13)7-9/h4,6,8-10,13,17H,1-3,5,7H2,(H,18,19)(H2,16,20,21). The van der Waals surface area contributed by atoms with Gasteiger partial charge in [0.05, 0.1) is 10.5 Å². The fourth-order valence-electron chi connectivity index (χ4n) is 3.79. The number of anilines is 1. The number of primary sulfonamides is 1. The van der Waals surface area contributed by atoms with Crippen LogP contribution in [0.15, 0.2) is 23.1 Å². The Kier molecular flexibility index (Phi) is 3.86. The van der Waals surface area contributed by atoms with Gasteiger partial charge in [0.25, 0.3) is 0 Å². The fourth-order valence-corrected chi connectivity index (χ4v) is 4.32. The first-order valence-electron chi connectivity index (χ1n) is 7.51. The number of rotatable bonds is 4. The predicted octanol–water partition coefficient (Wildman–Crippen LogP) is 2.02. The molecule has 1 aromatic carbocycles. The van der Waals surface area contributed by atoms with E-state index in [4.69, 9.17) is 5.14 Å². The minimum absolute atomic E-state index is 0.0494. The molecule has 22 heavy (non-hydrogen) atoms. The first kappa shape index (κ1) is 15.3. The molecule has 0 saturated heterocycles. The van der Waals surface area contributed by atoms with Crippen molar-refractivity contribution >= 4 is 21.7 Å². The molecule has 0 heterocycles. The molecule has 2 fully saturated rings. The topological polar surface area (TPSA) is 109 Å². The van der Waals surface area contributed by atoms with Gasteiger partial charge in [0.1, 0.15) is 0 Å². The van der Waals surface area contributed by atoms with Crippen molar-refractivity contribution in [3.8, 4) is 0 Å². The first-order valence-corrected chi connectivity index (χ1v) is 9.06. The Morgan fingerprint density at radius 2 is 1.95 bits per heavy atom. The van der Waals surface area contributed by atoms with Gasteiger partial charge in [0.2, 0.25) is 10.0 Å². The summed E-state index contributed by atoms with van der Waals surface area (Å²) in [6.45, 7) is 0. The maximum Gasteiger partial charge on any atom is 0.337 e. The van der Waals surface area contributed by atoms with Crippen molar-refractivity contribution in [1.82, 2.24) is 0 Å². The van der Waals surface area contributed by atoms with Crippen LogP contribution in [0.25, 0.3) is 0 Å². The highest BCUT2D eigenvalue weighted by Crippen LogP contribution is 2.43. The Bertz CT molecular complexity index is 701. The molecule has 0 radical (unpaired) electrons. The molecule has 3 unspecified atom stereocenters. The summed E-state index contributed by atoms with van der Waals surface area (Å²) in [6.07, 6.45) is 5.85. The van der Waals surface area contributed by atoms with E-state index in [0.717, 1.165) is 18.4 Å². The highest BCUT2D eigenvalue weighted by molar-refractivity contribution is 7.89.